The summed E-state index contributed by atoms with van der Waals surface area (Å²) in [5.74, 6) is 0.430. The molecule has 0 bridgehead atoms. The summed E-state index contributed by atoms with van der Waals surface area (Å²) in [7, 11) is 0. The van der Waals surface area contributed by atoms with Crippen molar-refractivity contribution in [1.82, 2.24) is 10.6 Å². The van der Waals surface area contributed by atoms with Gasteiger partial charge in [-0.05, 0) is 37.6 Å². The van der Waals surface area contributed by atoms with Crippen molar-refractivity contribution in [3.63, 3.8) is 0 Å². The van der Waals surface area contributed by atoms with Crippen molar-refractivity contribution in [2.75, 3.05) is 25.0 Å². The van der Waals surface area contributed by atoms with Crippen molar-refractivity contribution in [1.29, 1.82) is 0 Å². The standard InChI is InChI=1S/C17H27N3O3/c1-3-5-6-7-12-19-17(22)20-14-8-10-15(11-9-14)23-13-16(21)18-4-2/h8-11H,3-7,12-13H2,1-2H3,(H,18,21)(H2,19,20,22). The van der Waals surface area contributed by atoms with E-state index >= 15 is 0 Å². The van der Waals surface area contributed by atoms with Crippen LogP contribution in [0, 0.1) is 0 Å². The Hall–Kier alpha value is -2.24. The van der Waals surface area contributed by atoms with E-state index in [0.29, 0.717) is 24.5 Å². The number of carbonyl (C=O) groups is 2. The summed E-state index contributed by atoms with van der Waals surface area (Å²) in [5.41, 5.74) is 0.682. The van der Waals surface area contributed by atoms with E-state index in [9.17, 15) is 9.59 Å². The average Bonchev–Trinajstić information content (AvgIpc) is 2.54. The van der Waals surface area contributed by atoms with E-state index in [0.717, 1.165) is 12.8 Å². The maximum atomic E-state index is 11.7. The normalized spacial score (nSPS) is 10.0. The molecular formula is C17H27N3O3. The van der Waals surface area contributed by atoms with Gasteiger partial charge < -0.3 is 20.7 Å². The Bertz CT molecular complexity index is 474. The molecule has 0 fully saturated rings. The summed E-state index contributed by atoms with van der Waals surface area (Å²) < 4.78 is 5.34. The van der Waals surface area contributed by atoms with Crippen LogP contribution >= 0.6 is 0 Å². The number of benzene rings is 1. The van der Waals surface area contributed by atoms with E-state index in [-0.39, 0.29) is 18.5 Å². The third-order valence-electron chi connectivity index (χ3n) is 3.17. The molecule has 0 atom stereocenters. The third-order valence-corrected chi connectivity index (χ3v) is 3.17. The number of anilines is 1. The predicted octanol–water partition coefficient (Wildman–Crippen LogP) is 2.90. The maximum absolute atomic E-state index is 11.7. The van der Waals surface area contributed by atoms with Gasteiger partial charge >= 0.3 is 6.03 Å². The topological polar surface area (TPSA) is 79.5 Å². The lowest BCUT2D eigenvalue weighted by Gasteiger charge is -2.09. The number of nitrogens with one attached hydrogen (secondary N) is 3. The van der Waals surface area contributed by atoms with Gasteiger partial charge in [0.25, 0.3) is 5.91 Å². The summed E-state index contributed by atoms with van der Waals surface area (Å²) in [6.07, 6.45) is 4.50. The van der Waals surface area contributed by atoms with Crippen LogP contribution in [0.5, 0.6) is 5.75 Å². The summed E-state index contributed by atoms with van der Waals surface area (Å²) in [6.45, 7) is 5.26. The highest BCUT2D eigenvalue weighted by Crippen LogP contribution is 2.15. The van der Waals surface area contributed by atoms with Gasteiger partial charge in [0.05, 0.1) is 0 Å². The Morgan fingerprint density at radius 3 is 2.39 bits per heavy atom. The molecule has 0 aliphatic carbocycles. The van der Waals surface area contributed by atoms with Crippen molar-refractivity contribution in [2.45, 2.75) is 39.5 Å². The molecule has 128 valence electrons. The molecule has 0 spiro atoms. The zero-order valence-electron chi connectivity index (χ0n) is 14.0. The molecule has 23 heavy (non-hydrogen) atoms. The van der Waals surface area contributed by atoms with E-state index in [2.05, 4.69) is 22.9 Å². The van der Waals surface area contributed by atoms with Gasteiger partial charge in [-0.25, -0.2) is 4.79 Å². The van der Waals surface area contributed by atoms with Gasteiger partial charge in [0.2, 0.25) is 0 Å². The smallest absolute Gasteiger partial charge is 0.319 e. The predicted molar refractivity (Wildman–Crippen MR) is 91.8 cm³/mol. The first kappa shape index (κ1) is 18.8. The molecule has 0 saturated heterocycles. The Morgan fingerprint density at radius 1 is 1.00 bits per heavy atom. The quantitative estimate of drug-likeness (QED) is 0.580. The summed E-state index contributed by atoms with van der Waals surface area (Å²) in [6, 6.07) is 6.71. The minimum Gasteiger partial charge on any atom is -0.484 e. The minimum absolute atomic E-state index is 0.0150. The molecule has 0 heterocycles. The number of hydrogen-bond acceptors (Lipinski definition) is 3. The number of ether oxygens (including phenoxy) is 1. The molecule has 0 radical (unpaired) electrons. The SMILES string of the molecule is CCCCCCNC(=O)Nc1ccc(OCC(=O)NCC)cc1. The molecule has 0 aromatic heterocycles. The number of carbonyl (C=O) groups excluding carboxylic acids is 2. The molecule has 3 N–H and O–H groups in total. The monoisotopic (exact) mass is 321 g/mol. The van der Waals surface area contributed by atoms with Gasteiger partial charge in [-0.15, -0.1) is 0 Å². The van der Waals surface area contributed by atoms with Crippen molar-refractivity contribution in [3.8, 4) is 5.75 Å². The first-order chi connectivity index (χ1) is 11.2. The second-order valence-electron chi connectivity index (χ2n) is 5.21. The maximum Gasteiger partial charge on any atom is 0.319 e. The molecule has 1 aromatic carbocycles. The van der Waals surface area contributed by atoms with Gasteiger partial charge in [0.1, 0.15) is 5.75 Å². The van der Waals surface area contributed by atoms with Crippen LogP contribution < -0.4 is 20.7 Å². The van der Waals surface area contributed by atoms with E-state index < -0.39 is 0 Å². The van der Waals surface area contributed by atoms with Crippen molar-refractivity contribution in [3.05, 3.63) is 24.3 Å². The minimum atomic E-state index is -0.211. The highest BCUT2D eigenvalue weighted by molar-refractivity contribution is 5.89. The Morgan fingerprint density at radius 2 is 1.74 bits per heavy atom. The van der Waals surface area contributed by atoms with Crippen LogP contribution in [0.15, 0.2) is 24.3 Å². The zero-order valence-corrected chi connectivity index (χ0v) is 14.0. The number of unbranched alkanes of at least 4 members (excludes halogenated alkanes) is 3. The second kappa shape index (κ2) is 11.3. The Balaban J connectivity index is 2.27. The van der Waals surface area contributed by atoms with Crippen LogP contribution in [0.3, 0.4) is 0 Å². The number of urea groups is 1. The summed E-state index contributed by atoms with van der Waals surface area (Å²) >= 11 is 0. The first-order valence-electron chi connectivity index (χ1n) is 8.20. The molecular weight excluding hydrogens is 294 g/mol. The highest BCUT2D eigenvalue weighted by Gasteiger charge is 2.03. The number of likely N-dealkylation sites (N-methyl/N-ethyl adjacent to an activating group) is 1. The van der Waals surface area contributed by atoms with E-state index in [1.165, 1.54) is 12.8 Å². The van der Waals surface area contributed by atoms with Crippen molar-refractivity contribution < 1.29 is 14.3 Å². The van der Waals surface area contributed by atoms with Crippen LogP contribution in [-0.2, 0) is 4.79 Å². The number of hydrogen-bond donors (Lipinski definition) is 3. The average molecular weight is 321 g/mol. The molecule has 0 saturated carbocycles. The van der Waals surface area contributed by atoms with Crippen LogP contribution in [-0.4, -0.2) is 31.6 Å². The van der Waals surface area contributed by atoms with Gasteiger partial charge in [-0.2, -0.15) is 0 Å². The lowest BCUT2D eigenvalue weighted by atomic mass is 10.2. The second-order valence-corrected chi connectivity index (χ2v) is 5.21. The molecule has 0 aliphatic heterocycles. The molecule has 1 aromatic rings. The van der Waals surface area contributed by atoms with Crippen molar-refractivity contribution in [2.24, 2.45) is 0 Å². The fourth-order valence-electron chi connectivity index (χ4n) is 1.96. The lowest BCUT2D eigenvalue weighted by Crippen LogP contribution is -2.29. The third kappa shape index (κ3) is 8.70. The van der Waals surface area contributed by atoms with Crippen LogP contribution in [0.2, 0.25) is 0 Å². The zero-order chi connectivity index (χ0) is 16.9. The Kier molecular flexibility index (Phi) is 9.28. The molecule has 6 heteroatoms. The van der Waals surface area contributed by atoms with E-state index in [1.54, 1.807) is 24.3 Å². The summed E-state index contributed by atoms with van der Waals surface area (Å²) in [5, 5.41) is 8.24. The fourth-order valence-corrected chi connectivity index (χ4v) is 1.96. The largest absolute Gasteiger partial charge is 0.484 e. The number of rotatable bonds is 10. The molecule has 0 aliphatic rings. The highest BCUT2D eigenvalue weighted by atomic mass is 16.5. The van der Waals surface area contributed by atoms with Gasteiger partial charge in [0, 0.05) is 18.8 Å². The van der Waals surface area contributed by atoms with E-state index in [4.69, 9.17) is 4.74 Å². The molecule has 1 rings (SSSR count). The molecule has 6 nitrogen and oxygen atoms in total. The fraction of sp³-hybridized carbons (Fsp3) is 0.529. The van der Waals surface area contributed by atoms with Crippen molar-refractivity contribution >= 4 is 17.6 Å². The van der Waals surface area contributed by atoms with Crippen LogP contribution in [0.1, 0.15) is 39.5 Å². The lowest BCUT2D eigenvalue weighted by molar-refractivity contribution is -0.122. The summed E-state index contributed by atoms with van der Waals surface area (Å²) in [4.78, 5) is 23.0. The van der Waals surface area contributed by atoms with Crippen LogP contribution in [0.25, 0.3) is 0 Å². The van der Waals surface area contributed by atoms with Gasteiger partial charge in [0.15, 0.2) is 6.61 Å². The van der Waals surface area contributed by atoms with Gasteiger partial charge in [-0.3, -0.25) is 4.79 Å². The first-order valence-corrected chi connectivity index (χ1v) is 8.20. The van der Waals surface area contributed by atoms with Crippen LogP contribution in [0.4, 0.5) is 10.5 Å². The Labute approximate surface area is 138 Å². The van der Waals surface area contributed by atoms with Gasteiger partial charge in [-0.1, -0.05) is 26.2 Å². The molecule has 0 unspecified atom stereocenters. The number of amides is 3. The van der Waals surface area contributed by atoms with E-state index in [1.807, 2.05) is 6.92 Å². The molecule has 3 amide bonds.